The average molecular weight is 351 g/mol. The molecule has 7 nitrogen and oxygen atoms in total. The molecule has 1 saturated heterocycles. The molecule has 7 heteroatoms. The lowest BCUT2D eigenvalue weighted by Gasteiger charge is -2.20. The quantitative estimate of drug-likeness (QED) is 0.755. The van der Waals surface area contributed by atoms with Crippen LogP contribution in [0.4, 0.5) is 0 Å². The molecule has 0 bridgehead atoms. The fourth-order valence-electron chi connectivity index (χ4n) is 3.77. The monoisotopic (exact) mass is 351 g/mol. The molecule has 1 N–H and O–H groups in total. The predicted octanol–water partition coefficient (Wildman–Crippen LogP) is 1.50. The molecular weight excluding hydrogens is 326 g/mol. The molecule has 0 aliphatic carbocycles. The third-order valence-electron chi connectivity index (χ3n) is 5.22. The van der Waals surface area contributed by atoms with Crippen LogP contribution in [0.15, 0.2) is 43.2 Å². The van der Waals surface area contributed by atoms with E-state index in [2.05, 4.69) is 57.1 Å². The van der Waals surface area contributed by atoms with E-state index in [1.54, 1.807) is 12.4 Å². The van der Waals surface area contributed by atoms with Crippen LogP contribution in [0, 0.1) is 6.92 Å². The van der Waals surface area contributed by atoms with Gasteiger partial charge >= 0.3 is 0 Å². The van der Waals surface area contributed by atoms with Crippen LogP contribution in [-0.2, 0) is 13.6 Å². The molecule has 0 unspecified atom stereocenters. The number of nitrogens with one attached hydrogen (secondary N) is 1. The molecule has 4 heterocycles. The number of imidazole rings is 1. The number of pyridine rings is 1. The van der Waals surface area contributed by atoms with Crippen molar-refractivity contribution in [1.29, 1.82) is 0 Å². The zero-order valence-corrected chi connectivity index (χ0v) is 15.5. The fourth-order valence-corrected chi connectivity index (χ4v) is 3.77. The summed E-state index contributed by atoms with van der Waals surface area (Å²) < 4.78 is 4.05. The first-order valence-corrected chi connectivity index (χ1v) is 8.95. The highest BCUT2D eigenvalue weighted by atomic mass is 15.3. The van der Waals surface area contributed by atoms with E-state index in [9.17, 15) is 0 Å². The Kier molecular flexibility index (Phi) is 4.57. The lowest BCUT2D eigenvalue weighted by atomic mass is 10.00. The molecule has 0 spiro atoms. The van der Waals surface area contributed by atoms with Crippen LogP contribution >= 0.6 is 0 Å². The van der Waals surface area contributed by atoms with Crippen LogP contribution < -0.4 is 5.32 Å². The minimum atomic E-state index is 0.402. The Morgan fingerprint density at radius 1 is 1.15 bits per heavy atom. The average Bonchev–Trinajstić information content (AvgIpc) is 3.32. The van der Waals surface area contributed by atoms with Crippen LogP contribution in [0.3, 0.4) is 0 Å². The van der Waals surface area contributed by atoms with Crippen molar-refractivity contribution in [3.63, 3.8) is 0 Å². The van der Waals surface area contributed by atoms with Gasteiger partial charge in [0.1, 0.15) is 0 Å². The van der Waals surface area contributed by atoms with Crippen LogP contribution in [0.5, 0.6) is 0 Å². The zero-order valence-electron chi connectivity index (χ0n) is 15.5. The predicted molar refractivity (Wildman–Crippen MR) is 100 cm³/mol. The Morgan fingerprint density at radius 3 is 2.69 bits per heavy atom. The Morgan fingerprint density at radius 2 is 1.96 bits per heavy atom. The summed E-state index contributed by atoms with van der Waals surface area (Å²) in [4.78, 5) is 10.7. The molecule has 2 atom stereocenters. The Hall–Kier alpha value is -2.51. The largest absolute Gasteiger partial charge is 0.337 e. The van der Waals surface area contributed by atoms with E-state index in [0.717, 1.165) is 31.0 Å². The topological polar surface area (TPSA) is 63.8 Å². The third-order valence-corrected chi connectivity index (χ3v) is 5.22. The Bertz CT molecular complexity index is 867. The van der Waals surface area contributed by atoms with E-state index in [-0.39, 0.29) is 0 Å². The van der Waals surface area contributed by atoms with Crippen molar-refractivity contribution >= 4 is 0 Å². The number of likely N-dealkylation sites (tertiary alicyclic amines) is 1. The molecule has 0 radical (unpaired) electrons. The fraction of sp³-hybridized carbons (Fsp3) is 0.421. The number of hydrogen-bond acceptors (Lipinski definition) is 5. The van der Waals surface area contributed by atoms with E-state index in [1.807, 2.05) is 29.3 Å². The van der Waals surface area contributed by atoms with Crippen molar-refractivity contribution in [3.8, 4) is 5.69 Å². The maximum atomic E-state index is 4.65. The van der Waals surface area contributed by atoms with E-state index >= 15 is 0 Å². The molecule has 0 aromatic carbocycles. The van der Waals surface area contributed by atoms with Crippen LogP contribution in [-0.4, -0.2) is 55.4 Å². The standard InChI is InChI=1S/C19H25N7/c1-14-15(10-26(23-14)16-4-6-20-7-5-16)8-22-18-12-24(2)11-17(18)19-9-21-13-25(19)3/h4-7,9-10,13,17-18,22H,8,11-12H2,1-3H3/t17-,18-/m1/s1. The summed E-state index contributed by atoms with van der Waals surface area (Å²) in [5.74, 6) is 0.447. The summed E-state index contributed by atoms with van der Waals surface area (Å²) >= 11 is 0. The second kappa shape index (κ2) is 7.01. The first-order valence-electron chi connectivity index (χ1n) is 8.95. The van der Waals surface area contributed by atoms with Gasteiger partial charge in [0.05, 0.1) is 17.7 Å². The molecular formula is C19H25N7. The van der Waals surface area contributed by atoms with E-state index in [4.69, 9.17) is 0 Å². The Balaban J connectivity index is 1.48. The highest BCUT2D eigenvalue weighted by molar-refractivity contribution is 5.30. The van der Waals surface area contributed by atoms with Gasteiger partial charge in [-0.2, -0.15) is 5.10 Å². The van der Waals surface area contributed by atoms with Crippen molar-refractivity contribution in [1.82, 2.24) is 34.5 Å². The van der Waals surface area contributed by atoms with Gasteiger partial charge in [0.25, 0.3) is 0 Å². The lowest BCUT2D eigenvalue weighted by molar-refractivity contribution is 0.397. The smallest absolute Gasteiger partial charge is 0.0945 e. The zero-order chi connectivity index (χ0) is 18.1. The second-order valence-electron chi connectivity index (χ2n) is 7.13. The molecule has 1 aliphatic rings. The number of likely N-dealkylation sites (N-methyl/N-ethyl adjacent to an activating group) is 1. The molecule has 4 rings (SSSR count). The van der Waals surface area contributed by atoms with Gasteiger partial charge in [0.2, 0.25) is 0 Å². The minimum Gasteiger partial charge on any atom is -0.337 e. The molecule has 3 aromatic rings. The van der Waals surface area contributed by atoms with Gasteiger partial charge in [-0.3, -0.25) is 4.98 Å². The van der Waals surface area contributed by atoms with Crippen molar-refractivity contribution in [2.45, 2.75) is 25.4 Å². The molecule has 0 saturated carbocycles. The number of aryl methyl sites for hydroxylation is 2. The third kappa shape index (κ3) is 3.27. The molecule has 136 valence electrons. The second-order valence-corrected chi connectivity index (χ2v) is 7.13. The summed E-state index contributed by atoms with van der Waals surface area (Å²) in [6.07, 6.45) is 9.56. The minimum absolute atomic E-state index is 0.402. The number of aromatic nitrogens is 5. The van der Waals surface area contributed by atoms with Crippen molar-refractivity contribution in [3.05, 3.63) is 60.2 Å². The van der Waals surface area contributed by atoms with Crippen molar-refractivity contribution in [2.24, 2.45) is 7.05 Å². The highest BCUT2D eigenvalue weighted by Crippen LogP contribution is 2.26. The van der Waals surface area contributed by atoms with Crippen LogP contribution in [0.1, 0.15) is 22.9 Å². The van der Waals surface area contributed by atoms with E-state index in [1.165, 1.54) is 11.3 Å². The summed E-state index contributed by atoms with van der Waals surface area (Å²) in [7, 11) is 4.25. The van der Waals surface area contributed by atoms with Gasteiger partial charge < -0.3 is 14.8 Å². The molecule has 3 aromatic heterocycles. The lowest BCUT2D eigenvalue weighted by Crippen LogP contribution is -2.35. The normalized spacial score (nSPS) is 20.7. The maximum absolute atomic E-state index is 4.65. The van der Waals surface area contributed by atoms with Gasteiger partial charge in [0, 0.05) is 74.7 Å². The molecule has 1 fully saturated rings. The molecule has 26 heavy (non-hydrogen) atoms. The summed E-state index contributed by atoms with van der Waals surface area (Å²) in [6.45, 7) is 4.96. The maximum Gasteiger partial charge on any atom is 0.0945 e. The first-order chi connectivity index (χ1) is 12.6. The van der Waals surface area contributed by atoms with Gasteiger partial charge in [-0.25, -0.2) is 9.67 Å². The Labute approximate surface area is 153 Å². The number of nitrogens with zero attached hydrogens (tertiary/aromatic N) is 6. The molecule has 0 amide bonds. The number of rotatable bonds is 5. The molecule has 1 aliphatic heterocycles. The van der Waals surface area contributed by atoms with Gasteiger partial charge in [0.15, 0.2) is 0 Å². The summed E-state index contributed by atoms with van der Waals surface area (Å²) in [5, 5.41) is 8.40. The summed E-state index contributed by atoms with van der Waals surface area (Å²) in [5.41, 5.74) is 4.59. The van der Waals surface area contributed by atoms with Gasteiger partial charge in [-0.15, -0.1) is 0 Å². The van der Waals surface area contributed by atoms with Gasteiger partial charge in [-0.1, -0.05) is 0 Å². The van der Waals surface area contributed by atoms with Crippen molar-refractivity contribution in [2.75, 3.05) is 20.1 Å². The van der Waals surface area contributed by atoms with Crippen LogP contribution in [0.25, 0.3) is 5.69 Å². The summed E-state index contributed by atoms with van der Waals surface area (Å²) in [6, 6.07) is 4.33. The van der Waals surface area contributed by atoms with E-state index < -0.39 is 0 Å². The van der Waals surface area contributed by atoms with Crippen molar-refractivity contribution < 1.29 is 0 Å². The van der Waals surface area contributed by atoms with E-state index in [0.29, 0.717) is 12.0 Å². The highest BCUT2D eigenvalue weighted by Gasteiger charge is 2.33. The SMILES string of the molecule is Cc1nn(-c2ccncc2)cc1CN[C@@H]1CN(C)C[C@H]1c1cncn1C. The van der Waals surface area contributed by atoms with Crippen LogP contribution in [0.2, 0.25) is 0 Å². The number of hydrogen-bond donors (Lipinski definition) is 1. The first kappa shape index (κ1) is 16.9. The van der Waals surface area contributed by atoms with Gasteiger partial charge in [-0.05, 0) is 26.1 Å².